The second-order valence-electron chi connectivity index (χ2n) is 14.3. The van der Waals surface area contributed by atoms with Crippen LogP contribution in [0, 0.1) is 0 Å². The lowest BCUT2D eigenvalue weighted by atomic mass is 10.0. The predicted molar refractivity (Wildman–Crippen MR) is 213 cm³/mol. The summed E-state index contributed by atoms with van der Waals surface area (Å²) in [5, 5.41) is 19.9. The highest BCUT2D eigenvalue weighted by Crippen LogP contribution is 2.33. The number of ether oxygens (including phenoxy) is 2. The Morgan fingerprint density at radius 1 is 0.912 bits per heavy atom. The van der Waals surface area contributed by atoms with Gasteiger partial charge in [0.05, 0.1) is 30.5 Å². The van der Waals surface area contributed by atoms with Gasteiger partial charge in [-0.05, 0) is 49.4 Å². The lowest BCUT2D eigenvalue weighted by molar-refractivity contribution is -0.136. The third-order valence-electron chi connectivity index (χ3n) is 9.80. The zero-order valence-corrected chi connectivity index (χ0v) is 32.5. The van der Waals surface area contributed by atoms with Crippen LogP contribution in [-0.2, 0) is 25.7 Å². The molecule has 1 saturated heterocycles. The third-order valence-corrected chi connectivity index (χ3v) is 9.80. The molecule has 16 heteroatoms. The van der Waals surface area contributed by atoms with E-state index in [1.165, 1.54) is 23.8 Å². The molecule has 57 heavy (non-hydrogen) atoms. The quantitative estimate of drug-likeness (QED) is 0.0575. The van der Waals surface area contributed by atoms with E-state index >= 15 is 0 Å². The highest BCUT2D eigenvalue weighted by Gasteiger charge is 2.46. The van der Waals surface area contributed by atoms with E-state index in [0.717, 1.165) is 66.5 Å². The van der Waals surface area contributed by atoms with Gasteiger partial charge in [0.25, 0.3) is 17.7 Å². The average molecular weight is 782 g/mol. The number of aromatic nitrogens is 3. The van der Waals surface area contributed by atoms with E-state index in [2.05, 4.69) is 57.7 Å². The summed E-state index contributed by atoms with van der Waals surface area (Å²) < 4.78 is 13.1. The molecule has 2 aliphatic heterocycles. The molecule has 0 spiro atoms. The Morgan fingerprint density at radius 3 is 2.49 bits per heavy atom. The maximum absolute atomic E-state index is 13.2. The number of carbonyl (C=O) groups is 5. The largest absolute Gasteiger partial charge is 0.483 e. The van der Waals surface area contributed by atoms with Gasteiger partial charge in [-0.15, -0.1) is 0 Å². The first-order valence-electron chi connectivity index (χ1n) is 19.6. The molecule has 4 heterocycles. The Kier molecular flexibility index (Phi) is 14.2. The van der Waals surface area contributed by atoms with Gasteiger partial charge in [0.2, 0.25) is 11.8 Å². The topological polar surface area (TPSA) is 197 Å². The Morgan fingerprint density at radius 2 is 1.70 bits per heavy atom. The van der Waals surface area contributed by atoms with E-state index in [9.17, 15) is 24.0 Å². The molecule has 1 fully saturated rings. The third kappa shape index (κ3) is 10.5. The van der Waals surface area contributed by atoms with Crippen molar-refractivity contribution in [3.8, 4) is 5.75 Å². The summed E-state index contributed by atoms with van der Waals surface area (Å²) in [7, 11) is 0. The lowest BCUT2D eigenvalue weighted by Crippen LogP contribution is -2.54. The van der Waals surface area contributed by atoms with Crippen LogP contribution < -0.4 is 31.3 Å². The van der Waals surface area contributed by atoms with Gasteiger partial charge in [0.1, 0.15) is 23.4 Å². The standard InChI is InChI=1S/C41H51N9O7/c1-27(2)30-25-46-50-34(45-24-28-11-6-5-7-12-28)23-33(47-38(30)50)43-18-9-4-3-8-17-42-19-21-56-22-20-44-36(52)26-57-32-14-10-13-29-37(32)41(55)49(40(29)54)31-15-16-35(51)48-39(31)53/h5-7,10-14,23,25,27,31,42,45H,3-4,8-9,15-22,24,26H2,1-2H3,(H,43,47)(H,44,52)(H,48,51,53). The second-order valence-corrected chi connectivity index (χ2v) is 14.3. The van der Waals surface area contributed by atoms with Gasteiger partial charge in [0.15, 0.2) is 12.3 Å². The highest BCUT2D eigenvalue weighted by molar-refractivity contribution is 6.24. The van der Waals surface area contributed by atoms with E-state index in [0.29, 0.717) is 32.2 Å². The summed E-state index contributed by atoms with van der Waals surface area (Å²) >= 11 is 0. The van der Waals surface area contributed by atoms with Crippen molar-refractivity contribution < 1.29 is 33.4 Å². The summed E-state index contributed by atoms with van der Waals surface area (Å²) in [5.41, 5.74) is 3.25. The Balaban J connectivity index is 0.803. The zero-order chi connectivity index (χ0) is 40.1. The molecule has 1 atom stereocenters. The van der Waals surface area contributed by atoms with Crippen molar-refractivity contribution in [3.63, 3.8) is 0 Å². The first-order chi connectivity index (χ1) is 27.7. The van der Waals surface area contributed by atoms with Crippen molar-refractivity contribution in [1.82, 2.24) is 35.4 Å². The van der Waals surface area contributed by atoms with Gasteiger partial charge in [-0.2, -0.15) is 9.61 Å². The number of piperidine rings is 1. The normalized spacial score (nSPS) is 15.3. The molecule has 0 radical (unpaired) electrons. The van der Waals surface area contributed by atoms with Crippen molar-refractivity contribution in [1.29, 1.82) is 0 Å². The smallest absolute Gasteiger partial charge is 0.266 e. The molecule has 2 aromatic heterocycles. The summed E-state index contributed by atoms with van der Waals surface area (Å²) in [4.78, 5) is 68.2. The van der Waals surface area contributed by atoms with Crippen LogP contribution in [0.4, 0.5) is 11.6 Å². The first-order valence-corrected chi connectivity index (χ1v) is 19.6. The highest BCUT2D eigenvalue weighted by atomic mass is 16.5. The summed E-state index contributed by atoms with van der Waals surface area (Å²) in [6, 6.07) is 15.7. The van der Waals surface area contributed by atoms with Gasteiger partial charge < -0.3 is 30.7 Å². The van der Waals surface area contributed by atoms with Crippen molar-refractivity contribution in [3.05, 3.63) is 83.0 Å². The van der Waals surface area contributed by atoms with Crippen LogP contribution in [0.5, 0.6) is 5.75 Å². The number of benzene rings is 2. The van der Waals surface area contributed by atoms with E-state index in [-0.39, 0.29) is 42.9 Å². The van der Waals surface area contributed by atoms with Crippen LogP contribution in [0.15, 0.2) is 60.8 Å². The average Bonchev–Trinajstić information content (AvgIpc) is 3.75. The first kappa shape index (κ1) is 40.8. The number of unbranched alkanes of at least 4 members (excludes halogenated alkanes) is 3. The number of fused-ring (bicyclic) bond motifs is 2. The van der Waals surface area contributed by atoms with Crippen LogP contribution in [0.3, 0.4) is 0 Å². The summed E-state index contributed by atoms with van der Waals surface area (Å²) in [6.07, 6.45) is 6.27. The van der Waals surface area contributed by atoms with Gasteiger partial charge in [-0.3, -0.25) is 34.2 Å². The Labute approximate surface area is 331 Å². The zero-order valence-electron chi connectivity index (χ0n) is 32.5. The van der Waals surface area contributed by atoms with Crippen molar-refractivity contribution in [2.45, 2.75) is 70.9 Å². The molecule has 0 bridgehead atoms. The number of nitrogens with one attached hydrogen (secondary N) is 5. The molecule has 6 rings (SSSR count). The van der Waals surface area contributed by atoms with Gasteiger partial charge >= 0.3 is 0 Å². The van der Waals surface area contributed by atoms with E-state index in [1.54, 1.807) is 0 Å². The maximum Gasteiger partial charge on any atom is 0.266 e. The molecule has 0 aliphatic carbocycles. The van der Waals surface area contributed by atoms with Crippen LogP contribution in [0.25, 0.3) is 5.65 Å². The minimum atomic E-state index is -1.09. The van der Waals surface area contributed by atoms with Crippen molar-refractivity contribution >= 4 is 46.8 Å². The molecule has 5 N–H and O–H groups in total. The Hall–Kier alpha value is -5.87. The molecule has 4 aromatic rings. The minimum Gasteiger partial charge on any atom is -0.483 e. The monoisotopic (exact) mass is 781 g/mol. The molecular formula is C41H51N9O7. The number of hydrogen-bond donors (Lipinski definition) is 5. The van der Waals surface area contributed by atoms with E-state index in [1.807, 2.05) is 35.0 Å². The van der Waals surface area contributed by atoms with Crippen LogP contribution in [0.2, 0.25) is 0 Å². The number of nitrogens with zero attached hydrogens (tertiary/aromatic N) is 4. The fourth-order valence-corrected chi connectivity index (χ4v) is 6.77. The molecular weight excluding hydrogens is 731 g/mol. The summed E-state index contributed by atoms with van der Waals surface area (Å²) in [6.45, 7) is 8.14. The molecule has 1 unspecified atom stereocenters. The number of carbonyl (C=O) groups excluding carboxylic acids is 5. The summed E-state index contributed by atoms with van der Waals surface area (Å²) in [5.74, 6) is -0.788. The molecule has 2 aromatic carbocycles. The number of imide groups is 2. The van der Waals surface area contributed by atoms with Crippen molar-refractivity contribution in [2.24, 2.45) is 0 Å². The molecule has 302 valence electrons. The van der Waals surface area contributed by atoms with E-state index < -0.39 is 35.6 Å². The number of anilines is 2. The van der Waals surface area contributed by atoms with Crippen LogP contribution >= 0.6 is 0 Å². The number of amides is 5. The molecule has 16 nitrogen and oxygen atoms in total. The van der Waals surface area contributed by atoms with Crippen LogP contribution in [-0.4, -0.2) is 101 Å². The fourth-order valence-electron chi connectivity index (χ4n) is 6.77. The van der Waals surface area contributed by atoms with Gasteiger partial charge in [0, 0.05) is 44.2 Å². The predicted octanol–water partition coefficient (Wildman–Crippen LogP) is 3.64. The molecule has 0 saturated carbocycles. The lowest BCUT2D eigenvalue weighted by Gasteiger charge is -2.27. The number of hydrogen-bond acceptors (Lipinski definition) is 12. The van der Waals surface area contributed by atoms with Crippen molar-refractivity contribution in [2.75, 3.05) is 56.6 Å². The molecule has 5 amide bonds. The maximum atomic E-state index is 13.2. The minimum absolute atomic E-state index is 0.00705. The molecule has 2 aliphatic rings. The Bertz CT molecular complexity index is 2050. The second kappa shape index (κ2) is 19.8. The SMILES string of the molecule is CC(C)c1cnn2c(NCc3ccccc3)cc(NCCCCCCNCCOCCNC(=O)COc3cccc4c3C(=O)N(C3CCC(=O)NC3=O)C4=O)nc12. The fraction of sp³-hybridized carbons (Fsp3) is 0.439. The van der Waals surface area contributed by atoms with Crippen LogP contribution in [0.1, 0.15) is 90.1 Å². The number of rotatable bonds is 22. The van der Waals surface area contributed by atoms with E-state index in [4.69, 9.17) is 14.5 Å². The van der Waals surface area contributed by atoms with Gasteiger partial charge in [-0.25, -0.2) is 4.98 Å². The van der Waals surface area contributed by atoms with Gasteiger partial charge in [-0.1, -0.05) is 63.1 Å².